The lowest BCUT2D eigenvalue weighted by Crippen LogP contribution is -1.97. The molecule has 7 nitrogen and oxygen atoms in total. The lowest BCUT2D eigenvalue weighted by atomic mass is 10.1. The summed E-state index contributed by atoms with van der Waals surface area (Å²) in [5.74, 6) is 2.61. The number of phenols is 6. The number of benzene rings is 2. The highest BCUT2D eigenvalue weighted by molar-refractivity contribution is 5.55. The van der Waals surface area contributed by atoms with Crippen molar-refractivity contribution in [1.82, 2.24) is 0 Å². The van der Waals surface area contributed by atoms with Gasteiger partial charge in [-0.3, -0.25) is 0 Å². The fourth-order valence-corrected chi connectivity index (χ4v) is 2.12. The van der Waals surface area contributed by atoms with Gasteiger partial charge in [-0.2, -0.15) is 0 Å². The zero-order valence-corrected chi connectivity index (χ0v) is 13.2. The molecule has 0 saturated carbocycles. The molecule has 2 rings (SSSR count). The first kappa shape index (κ1) is 18.1. The van der Waals surface area contributed by atoms with Crippen molar-refractivity contribution in [2.45, 2.75) is 12.8 Å². The van der Waals surface area contributed by atoms with Gasteiger partial charge in [0.15, 0.2) is 34.5 Å². The van der Waals surface area contributed by atoms with Gasteiger partial charge in [0.25, 0.3) is 0 Å². The van der Waals surface area contributed by atoms with Gasteiger partial charge in [-0.15, -0.1) is 0 Å². The lowest BCUT2D eigenvalue weighted by Gasteiger charge is -2.06. The highest BCUT2D eigenvalue weighted by Crippen LogP contribution is 2.36. The van der Waals surface area contributed by atoms with E-state index in [0.29, 0.717) is 30.6 Å². The molecule has 0 aliphatic rings. The summed E-state index contributed by atoms with van der Waals surface area (Å²) in [6.07, 6.45) is 1.15. The fourth-order valence-electron chi connectivity index (χ4n) is 2.12. The third kappa shape index (κ3) is 4.86. The molecule has 7 heteroatoms. The molecule has 0 spiro atoms. The van der Waals surface area contributed by atoms with Crippen LogP contribution in [-0.2, 0) is 11.2 Å². The van der Waals surface area contributed by atoms with E-state index < -0.39 is 23.0 Å². The molecule has 0 saturated heterocycles. The molecule has 2 aromatic carbocycles. The van der Waals surface area contributed by atoms with E-state index in [4.69, 9.17) is 4.74 Å². The van der Waals surface area contributed by atoms with Crippen LogP contribution in [0.25, 0.3) is 0 Å². The van der Waals surface area contributed by atoms with E-state index in [1.54, 1.807) is 0 Å². The number of phenolic OH excluding ortho intramolecular Hbond substituents is 6. The molecule has 132 valence electrons. The van der Waals surface area contributed by atoms with E-state index in [-0.39, 0.29) is 18.1 Å². The summed E-state index contributed by atoms with van der Waals surface area (Å²) in [7, 11) is 0. The summed E-state index contributed by atoms with van der Waals surface area (Å²) in [6.45, 7) is 0.525. The Morgan fingerprint density at radius 2 is 1.28 bits per heavy atom. The van der Waals surface area contributed by atoms with Crippen molar-refractivity contribution in [3.8, 4) is 46.3 Å². The molecule has 0 radical (unpaired) electrons. The van der Waals surface area contributed by atoms with E-state index >= 15 is 0 Å². The van der Waals surface area contributed by atoms with Crippen molar-refractivity contribution in [1.29, 1.82) is 0 Å². The van der Waals surface area contributed by atoms with Crippen LogP contribution in [0, 0.1) is 11.8 Å². The summed E-state index contributed by atoms with van der Waals surface area (Å²) in [6, 6.07) is 5.20. The van der Waals surface area contributed by atoms with Crippen molar-refractivity contribution >= 4 is 0 Å². The average molecular weight is 346 g/mol. The Morgan fingerprint density at radius 1 is 0.760 bits per heavy atom. The van der Waals surface area contributed by atoms with Gasteiger partial charge < -0.3 is 35.4 Å². The number of ether oxygens (including phenoxy) is 1. The second kappa shape index (κ2) is 8.04. The third-order valence-corrected chi connectivity index (χ3v) is 3.36. The van der Waals surface area contributed by atoms with Crippen LogP contribution in [0.1, 0.15) is 17.5 Å². The van der Waals surface area contributed by atoms with Crippen LogP contribution in [0.5, 0.6) is 34.5 Å². The highest BCUT2D eigenvalue weighted by Gasteiger charge is 2.08. The molecule has 0 aliphatic heterocycles. The summed E-state index contributed by atoms with van der Waals surface area (Å²) in [5.41, 5.74) is 1.00. The van der Waals surface area contributed by atoms with Crippen LogP contribution in [0.3, 0.4) is 0 Å². The van der Waals surface area contributed by atoms with Gasteiger partial charge in [0.05, 0.1) is 0 Å². The lowest BCUT2D eigenvalue weighted by molar-refractivity contribution is 0.164. The first-order chi connectivity index (χ1) is 11.9. The third-order valence-electron chi connectivity index (χ3n) is 3.36. The van der Waals surface area contributed by atoms with Gasteiger partial charge in [0.1, 0.15) is 6.61 Å². The molecule has 6 N–H and O–H groups in total. The topological polar surface area (TPSA) is 131 Å². The van der Waals surface area contributed by atoms with Gasteiger partial charge >= 0.3 is 0 Å². The van der Waals surface area contributed by atoms with Crippen LogP contribution in [0.4, 0.5) is 0 Å². The van der Waals surface area contributed by atoms with Gasteiger partial charge in [-0.25, -0.2) is 0 Å². The van der Waals surface area contributed by atoms with Crippen molar-refractivity contribution in [2.75, 3.05) is 13.2 Å². The number of hydrogen-bond acceptors (Lipinski definition) is 7. The quantitative estimate of drug-likeness (QED) is 0.277. The minimum atomic E-state index is -0.590. The Hall–Kier alpha value is -3.24. The predicted molar refractivity (Wildman–Crippen MR) is 88.9 cm³/mol. The van der Waals surface area contributed by atoms with E-state index in [9.17, 15) is 30.6 Å². The standard InChI is InChI=1S/C18H18O7/c19-13-7-11(8-14(20)17(13)23)3-1-5-25-6-2-4-12-9-15(21)18(24)16(22)10-12/h7-10,19-24H,1,3,5-6H2. The van der Waals surface area contributed by atoms with Crippen molar-refractivity contribution in [3.63, 3.8) is 0 Å². The largest absolute Gasteiger partial charge is 0.504 e. The van der Waals surface area contributed by atoms with Crippen molar-refractivity contribution in [3.05, 3.63) is 35.4 Å². The Labute approximate surface area is 144 Å². The molecule has 0 bridgehead atoms. The minimum absolute atomic E-state index is 0.133. The molecular formula is C18H18O7. The Morgan fingerprint density at radius 3 is 1.84 bits per heavy atom. The number of aromatic hydroxyl groups is 6. The maximum absolute atomic E-state index is 9.41. The fraction of sp³-hybridized carbons (Fsp3) is 0.222. The van der Waals surface area contributed by atoms with Crippen LogP contribution in [-0.4, -0.2) is 43.9 Å². The van der Waals surface area contributed by atoms with Crippen molar-refractivity contribution in [2.24, 2.45) is 0 Å². The van der Waals surface area contributed by atoms with Gasteiger partial charge in [-0.1, -0.05) is 11.8 Å². The zero-order chi connectivity index (χ0) is 18.4. The van der Waals surface area contributed by atoms with Crippen LogP contribution in [0.2, 0.25) is 0 Å². The Bertz CT molecular complexity index is 772. The number of aryl methyl sites for hydroxylation is 1. The summed E-state index contributed by atoms with van der Waals surface area (Å²) < 4.78 is 5.32. The van der Waals surface area contributed by atoms with Crippen LogP contribution < -0.4 is 0 Å². The van der Waals surface area contributed by atoms with E-state index in [1.807, 2.05) is 0 Å². The number of rotatable bonds is 5. The SMILES string of the molecule is Oc1cc(C#CCOCCCc2cc(O)c(O)c(O)c2)cc(O)c1O. The van der Waals surface area contributed by atoms with Gasteiger partial charge in [0, 0.05) is 12.2 Å². The molecule has 0 amide bonds. The zero-order valence-electron chi connectivity index (χ0n) is 13.2. The number of hydrogen-bond donors (Lipinski definition) is 6. The molecule has 2 aromatic rings. The van der Waals surface area contributed by atoms with E-state index in [1.165, 1.54) is 24.3 Å². The maximum atomic E-state index is 9.41. The molecule has 0 unspecified atom stereocenters. The second-order valence-electron chi connectivity index (χ2n) is 5.30. The molecule has 0 atom stereocenters. The van der Waals surface area contributed by atoms with Gasteiger partial charge in [-0.05, 0) is 42.7 Å². The molecule has 0 fully saturated rings. The normalized spacial score (nSPS) is 10.2. The molecule has 0 aliphatic carbocycles. The maximum Gasteiger partial charge on any atom is 0.200 e. The first-order valence-electron chi connectivity index (χ1n) is 7.44. The van der Waals surface area contributed by atoms with Crippen molar-refractivity contribution < 1.29 is 35.4 Å². The predicted octanol–water partition coefficient (Wildman–Crippen LogP) is 1.92. The second-order valence-corrected chi connectivity index (χ2v) is 5.30. The minimum Gasteiger partial charge on any atom is -0.504 e. The summed E-state index contributed by atoms with van der Waals surface area (Å²) in [4.78, 5) is 0. The highest BCUT2D eigenvalue weighted by atomic mass is 16.5. The summed E-state index contributed by atoms with van der Waals surface area (Å²) in [5, 5.41) is 56.0. The van der Waals surface area contributed by atoms with E-state index in [2.05, 4.69) is 11.8 Å². The molecule has 0 heterocycles. The van der Waals surface area contributed by atoms with E-state index in [0.717, 1.165) is 0 Å². The molecular weight excluding hydrogens is 328 g/mol. The Balaban J connectivity index is 1.76. The average Bonchev–Trinajstić information content (AvgIpc) is 2.56. The Kier molecular flexibility index (Phi) is 5.82. The summed E-state index contributed by atoms with van der Waals surface area (Å²) >= 11 is 0. The van der Waals surface area contributed by atoms with Gasteiger partial charge in [0.2, 0.25) is 0 Å². The monoisotopic (exact) mass is 346 g/mol. The van der Waals surface area contributed by atoms with Crippen LogP contribution in [0.15, 0.2) is 24.3 Å². The first-order valence-corrected chi connectivity index (χ1v) is 7.44. The molecule has 0 aromatic heterocycles. The smallest absolute Gasteiger partial charge is 0.200 e. The van der Waals surface area contributed by atoms with Crippen LogP contribution >= 0.6 is 0 Å². The molecule has 25 heavy (non-hydrogen) atoms.